The van der Waals surface area contributed by atoms with Gasteiger partial charge in [0.2, 0.25) is 11.8 Å². The minimum absolute atomic E-state index is 0.108. The Morgan fingerprint density at radius 2 is 1.54 bits per heavy atom. The lowest BCUT2D eigenvalue weighted by atomic mass is 10.1. The number of unbranched alkanes of at least 4 members (excludes halogenated alkanes) is 1. The Balaban J connectivity index is 2.02. The van der Waals surface area contributed by atoms with Crippen LogP contribution in [0.1, 0.15) is 55.4 Å². The van der Waals surface area contributed by atoms with Crippen LogP contribution in [0.15, 0.2) is 77.7 Å². The second kappa shape index (κ2) is 14.8. The number of amides is 2. The topological polar surface area (TPSA) is 86.8 Å². The van der Waals surface area contributed by atoms with Crippen molar-refractivity contribution in [2.24, 2.45) is 0 Å². The quantitative estimate of drug-likeness (QED) is 0.254. The van der Waals surface area contributed by atoms with E-state index in [-0.39, 0.29) is 17.3 Å². The van der Waals surface area contributed by atoms with Gasteiger partial charge in [0.1, 0.15) is 12.6 Å². The Kier molecular flexibility index (Phi) is 11.5. The van der Waals surface area contributed by atoms with Gasteiger partial charge >= 0.3 is 0 Å². The molecule has 0 saturated heterocycles. The molecule has 0 unspecified atom stereocenters. The van der Waals surface area contributed by atoms with E-state index < -0.39 is 28.5 Å². The maximum Gasteiger partial charge on any atom is 0.264 e. The Labute approximate surface area is 245 Å². The summed E-state index contributed by atoms with van der Waals surface area (Å²) in [5, 5.41) is 2.97. The number of nitrogens with zero attached hydrogens (tertiary/aromatic N) is 2. The van der Waals surface area contributed by atoms with Gasteiger partial charge < -0.3 is 10.2 Å². The van der Waals surface area contributed by atoms with Gasteiger partial charge in [0, 0.05) is 13.1 Å². The molecule has 7 nitrogen and oxygen atoms in total. The van der Waals surface area contributed by atoms with Crippen LogP contribution in [0, 0.1) is 20.8 Å². The van der Waals surface area contributed by atoms with Gasteiger partial charge in [-0.2, -0.15) is 0 Å². The number of aryl methyl sites for hydroxylation is 3. The number of hydrogen-bond acceptors (Lipinski definition) is 4. The molecule has 1 atom stereocenters. The van der Waals surface area contributed by atoms with Crippen molar-refractivity contribution in [3.05, 3.63) is 95.1 Å². The third-order valence-corrected chi connectivity index (χ3v) is 8.99. The second-order valence-electron chi connectivity index (χ2n) is 10.5. The largest absolute Gasteiger partial charge is 0.354 e. The fraction of sp³-hybridized carbons (Fsp3) is 0.394. The monoisotopic (exact) mass is 577 g/mol. The summed E-state index contributed by atoms with van der Waals surface area (Å²) in [7, 11) is -4.09. The summed E-state index contributed by atoms with van der Waals surface area (Å²) in [6.07, 6.45) is 2.73. The molecule has 0 radical (unpaired) electrons. The van der Waals surface area contributed by atoms with E-state index in [0.717, 1.165) is 35.1 Å². The van der Waals surface area contributed by atoms with Crippen molar-refractivity contribution in [2.45, 2.75) is 71.2 Å². The zero-order valence-electron chi connectivity index (χ0n) is 24.9. The summed E-state index contributed by atoms with van der Waals surface area (Å²) >= 11 is 0. The van der Waals surface area contributed by atoms with E-state index in [0.29, 0.717) is 25.1 Å². The summed E-state index contributed by atoms with van der Waals surface area (Å²) in [4.78, 5) is 29.1. The molecule has 0 aromatic heterocycles. The van der Waals surface area contributed by atoms with Crippen molar-refractivity contribution in [2.75, 3.05) is 23.9 Å². The average molecular weight is 578 g/mol. The minimum Gasteiger partial charge on any atom is -0.354 e. The van der Waals surface area contributed by atoms with E-state index in [1.54, 1.807) is 35.2 Å². The number of benzene rings is 3. The summed E-state index contributed by atoms with van der Waals surface area (Å²) in [6.45, 7) is 9.93. The summed E-state index contributed by atoms with van der Waals surface area (Å²) in [6, 6.07) is 21.2. The van der Waals surface area contributed by atoms with Gasteiger partial charge in [0.25, 0.3) is 10.0 Å². The minimum atomic E-state index is -4.09. The third kappa shape index (κ3) is 8.43. The molecule has 2 amide bonds. The molecule has 41 heavy (non-hydrogen) atoms. The number of rotatable bonds is 14. The molecule has 0 saturated carbocycles. The second-order valence-corrected chi connectivity index (χ2v) is 12.4. The van der Waals surface area contributed by atoms with E-state index in [1.165, 1.54) is 4.31 Å². The van der Waals surface area contributed by atoms with Gasteiger partial charge in [-0.15, -0.1) is 0 Å². The van der Waals surface area contributed by atoms with Crippen LogP contribution in [0.5, 0.6) is 0 Å². The molecule has 0 aliphatic carbocycles. The van der Waals surface area contributed by atoms with Gasteiger partial charge in [-0.05, 0) is 74.9 Å². The van der Waals surface area contributed by atoms with Gasteiger partial charge in [0.15, 0.2) is 0 Å². The highest BCUT2D eigenvalue weighted by molar-refractivity contribution is 7.92. The standard InChI is InChI=1S/C33H43N3O4S/c1-6-8-21-34-33(38)30(7-2)35(22-20-28-12-10-9-11-13-28)32(37)24-36(31-23-26(4)14-17-27(31)5)41(39,40)29-18-15-25(3)16-19-29/h9-19,23,30H,6-8,20-22,24H2,1-5H3,(H,34,38)/t30-/m1/s1. The molecule has 0 aliphatic rings. The van der Waals surface area contributed by atoms with Crippen LogP contribution in [0.25, 0.3) is 0 Å². The molecule has 0 fully saturated rings. The smallest absolute Gasteiger partial charge is 0.264 e. The lowest BCUT2D eigenvalue weighted by Crippen LogP contribution is -2.53. The fourth-order valence-electron chi connectivity index (χ4n) is 4.74. The van der Waals surface area contributed by atoms with E-state index >= 15 is 0 Å². The summed E-state index contributed by atoms with van der Waals surface area (Å²) < 4.78 is 29.3. The van der Waals surface area contributed by atoms with E-state index in [4.69, 9.17) is 0 Å². The van der Waals surface area contributed by atoms with Crippen LogP contribution in [-0.4, -0.2) is 50.8 Å². The summed E-state index contributed by atoms with van der Waals surface area (Å²) in [5.41, 5.74) is 4.03. The van der Waals surface area contributed by atoms with Crippen molar-refractivity contribution >= 4 is 27.5 Å². The molecular formula is C33H43N3O4S. The first-order chi connectivity index (χ1) is 19.6. The molecule has 1 N–H and O–H groups in total. The first-order valence-electron chi connectivity index (χ1n) is 14.4. The normalized spacial score (nSPS) is 12.0. The lowest BCUT2D eigenvalue weighted by molar-refractivity contribution is -0.139. The molecule has 3 rings (SSSR count). The fourth-order valence-corrected chi connectivity index (χ4v) is 6.21. The molecule has 0 heterocycles. The van der Waals surface area contributed by atoms with Gasteiger partial charge in [0.05, 0.1) is 10.6 Å². The zero-order valence-corrected chi connectivity index (χ0v) is 25.7. The van der Waals surface area contributed by atoms with Crippen LogP contribution in [0.4, 0.5) is 5.69 Å². The van der Waals surface area contributed by atoms with Crippen molar-refractivity contribution in [1.82, 2.24) is 10.2 Å². The molecule has 0 spiro atoms. The number of nitrogens with one attached hydrogen (secondary N) is 1. The Bertz CT molecular complexity index is 1410. The van der Waals surface area contributed by atoms with Gasteiger partial charge in [-0.3, -0.25) is 13.9 Å². The van der Waals surface area contributed by atoms with Crippen molar-refractivity contribution in [1.29, 1.82) is 0 Å². The summed E-state index contributed by atoms with van der Waals surface area (Å²) in [5.74, 6) is -0.642. The molecule has 3 aromatic rings. The Morgan fingerprint density at radius 1 is 0.878 bits per heavy atom. The molecule has 0 bridgehead atoms. The van der Waals surface area contributed by atoms with Crippen molar-refractivity contribution in [3.63, 3.8) is 0 Å². The molecular weight excluding hydrogens is 534 g/mol. The van der Waals surface area contributed by atoms with E-state index in [1.807, 2.05) is 70.2 Å². The van der Waals surface area contributed by atoms with Crippen molar-refractivity contribution in [3.8, 4) is 0 Å². The molecule has 3 aromatic carbocycles. The third-order valence-electron chi connectivity index (χ3n) is 7.22. The van der Waals surface area contributed by atoms with Crippen LogP contribution in [-0.2, 0) is 26.0 Å². The predicted octanol–water partition coefficient (Wildman–Crippen LogP) is 5.57. The first-order valence-corrected chi connectivity index (χ1v) is 15.8. The van der Waals surface area contributed by atoms with Crippen molar-refractivity contribution < 1.29 is 18.0 Å². The molecule has 0 aliphatic heterocycles. The van der Waals surface area contributed by atoms with Crippen LogP contribution < -0.4 is 9.62 Å². The van der Waals surface area contributed by atoms with Crippen LogP contribution in [0.3, 0.4) is 0 Å². The number of hydrogen-bond donors (Lipinski definition) is 1. The number of carbonyl (C=O) groups excluding carboxylic acids is 2. The lowest BCUT2D eigenvalue weighted by Gasteiger charge is -2.33. The number of sulfonamides is 1. The number of anilines is 1. The highest BCUT2D eigenvalue weighted by atomic mass is 32.2. The van der Waals surface area contributed by atoms with Gasteiger partial charge in [-0.1, -0.05) is 80.4 Å². The van der Waals surface area contributed by atoms with E-state index in [9.17, 15) is 18.0 Å². The van der Waals surface area contributed by atoms with Crippen LogP contribution >= 0.6 is 0 Å². The van der Waals surface area contributed by atoms with Crippen LogP contribution in [0.2, 0.25) is 0 Å². The molecule has 8 heteroatoms. The SMILES string of the molecule is CCCCNC(=O)[C@@H](CC)N(CCc1ccccc1)C(=O)CN(c1cc(C)ccc1C)S(=O)(=O)c1ccc(C)cc1. The Hall–Kier alpha value is -3.65. The maximum atomic E-state index is 14.2. The predicted molar refractivity (Wildman–Crippen MR) is 165 cm³/mol. The van der Waals surface area contributed by atoms with Gasteiger partial charge in [-0.25, -0.2) is 8.42 Å². The Morgan fingerprint density at radius 3 is 2.17 bits per heavy atom. The maximum absolute atomic E-state index is 14.2. The molecule has 220 valence electrons. The number of carbonyl (C=O) groups is 2. The zero-order chi connectivity index (χ0) is 30.0. The highest BCUT2D eigenvalue weighted by Gasteiger charge is 2.34. The first kappa shape index (κ1) is 31.9. The highest BCUT2D eigenvalue weighted by Crippen LogP contribution is 2.28. The van der Waals surface area contributed by atoms with E-state index in [2.05, 4.69) is 12.2 Å². The average Bonchev–Trinajstić information content (AvgIpc) is 2.96.